The van der Waals surface area contributed by atoms with Crippen LogP contribution < -0.4 is 16.4 Å². The number of hydrogen-bond acceptors (Lipinski definition) is 6. The van der Waals surface area contributed by atoms with Crippen LogP contribution in [0.25, 0.3) is 21.3 Å². The quantitative estimate of drug-likeness (QED) is 0.298. The van der Waals surface area contributed by atoms with Crippen molar-refractivity contribution in [3.05, 3.63) is 81.7 Å². The molecule has 0 aliphatic carbocycles. The van der Waals surface area contributed by atoms with Crippen molar-refractivity contribution in [1.29, 1.82) is 0 Å². The van der Waals surface area contributed by atoms with Gasteiger partial charge in [-0.3, -0.25) is 25.2 Å². The van der Waals surface area contributed by atoms with Gasteiger partial charge in [-0.05, 0) is 12.5 Å². The average molecular weight is 476 g/mol. The summed E-state index contributed by atoms with van der Waals surface area (Å²) in [5, 5.41) is 7.81. The summed E-state index contributed by atoms with van der Waals surface area (Å²) in [4.78, 5) is 42.6. The van der Waals surface area contributed by atoms with Gasteiger partial charge in [0.2, 0.25) is 5.91 Å². The third kappa shape index (κ3) is 5.37. The SMILES string of the molecule is CCCCCn1nc(C(=O)NNC(=O)Cc2csc(-c3ccccc3)n2)c2ccccc2c1=O. The number of fused-ring (bicyclic) bond motifs is 1. The highest BCUT2D eigenvalue weighted by Gasteiger charge is 2.17. The van der Waals surface area contributed by atoms with E-state index < -0.39 is 11.8 Å². The molecule has 0 atom stereocenters. The molecule has 9 heteroatoms. The first-order chi connectivity index (χ1) is 16.6. The Morgan fingerprint density at radius 1 is 0.971 bits per heavy atom. The number of nitrogens with one attached hydrogen (secondary N) is 2. The third-order valence-electron chi connectivity index (χ3n) is 5.29. The van der Waals surface area contributed by atoms with E-state index in [0.29, 0.717) is 23.0 Å². The molecule has 2 amide bonds. The highest BCUT2D eigenvalue weighted by Crippen LogP contribution is 2.23. The van der Waals surface area contributed by atoms with E-state index in [-0.39, 0.29) is 17.7 Å². The van der Waals surface area contributed by atoms with Gasteiger partial charge in [-0.15, -0.1) is 11.3 Å². The minimum atomic E-state index is -0.586. The number of unbranched alkanes of at least 4 members (excludes halogenated alkanes) is 2. The number of hydrogen-bond donors (Lipinski definition) is 2. The molecule has 0 aliphatic rings. The number of thiazole rings is 1. The number of carbonyl (C=O) groups is 2. The van der Waals surface area contributed by atoms with Crippen molar-refractivity contribution in [3.8, 4) is 10.6 Å². The van der Waals surface area contributed by atoms with Crippen LogP contribution in [0.5, 0.6) is 0 Å². The molecule has 0 spiro atoms. The summed E-state index contributed by atoms with van der Waals surface area (Å²) < 4.78 is 1.33. The summed E-state index contributed by atoms with van der Waals surface area (Å²) in [6, 6.07) is 16.6. The largest absolute Gasteiger partial charge is 0.290 e. The van der Waals surface area contributed by atoms with Crippen molar-refractivity contribution in [1.82, 2.24) is 25.6 Å². The molecule has 0 fully saturated rings. The van der Waals surface area contributed by atoms with E-state index in [1.54, 1.807) is 24.3 Å². The van der Waals surface area contributed by atoms with Gasteiger partial charge in [-0.2, -0.15) is 5.10 Å². The van der Waals surface area contributed by atoms with Gasteiger partial charge in [0.15, 0.2) is 5.69 Å². The van der Waals surface area contributed by atoms with Crippen molar-refractivity contribution in [3.63, 3.8) is 0 Å². The molecule has 2 N–H and O–H groups in total. The Bertz CT molecular complexity index is 1360. The number of aromatic nitrogens is 3. The molecule has 34 heavy (non-hydrogen) atoms. The summed E-state index contributed by atoms with van der Waals surface area (Å²) in [5.41, 5.74) is 6.31. The molecule has 0 bridgehead atoms. The molecule has 0 aliphatic heterocycles. The zero-order chi connectivity index (χ0) is 23.9. The average Bonchev–Trinajstić information content (AvgIpc) is 3.33. The van der Waals surface area contributed by atoms with Crippen LogP contribution in [0.3, 0.4) is 0 Å². The van der Waals surface area contributed by atoms with E-state index in [1.807, 2.05) is 35.7 Å². The lowest BCUT2D eigenvalue weighted by atomic mass is 10.1. The molecule has 174 valence electrons. The summed E-state index contributed by atoms with van der Waals surface area (Å²) in [5.74, 6) is -0.990. The van der Waals surface area contributed by atoms with Gasteiger partial charge in [0, 0.05) is 22.9 Å². The lowest BCUT2D eigenvalue weighted by molar-refractivity contribution is -0.121. The first-order valence-corrected chi connectivity index (χ1v) is 12.0. The van der Waals surface area contributed by atoms with Crippen LogP contribution in [0.2, 0.25) is 0 Å². The fourth-order valence-corrected chi connectivity index (χ4v) is 4.39. The predicted molar refractivity (Wildman–Crippen MR) is 132 cm³/mol. The molecule has 2 heterocycles. The van der Waals surface area contributed by atoms with Crippen molar-refractivity contribution in [2.45, 2.75) is 39.2 Å². The maximum absolute atomic E-state index is 12.9. The van der Waals surface area contributed by atoms with Gasteiger partial charge >= 0.3 is 0 Å². The molecular formula is C25H25N5O3S. The second kappa shape index (κ2) is 10.8. The molecule has 4 aromatic rings. The Labute approximate surface area is 200 Å². The number of aryl methyl sites for hydroxylation is 1. The molecule has 0 unspecified atom stereocenters. The second-order valence-corrected chi connectivity index (χ2v) is 8.68. The standard InChI is InChI=1S/C25H25N5O3S/c1-2-3-9-14-30-25(33)20-13-8-7-12-19(20)22(29-30)23(32)28-27-21(31)15-18-16-34-24(26-18)17-10-5-4-6-11-17/h4-8,10-13,16H,2-3,9,14-15H2,1H3,(H,27,31)(H,28,32). The highest BCUT2D eigenvalue weighted by atomic mass is 32.1. The maximum Gasteiger partial charge on any atom is 0.290 e. The highest BCUT2D eigenvalue weighted by molar-refractivity contribution is 7.13. The topological polar surface area (TPSA) is 106 Å². The van der Waals surface area contributed by atoms with Gasteiger partial charge < -0.3 is 0 Å². The van der Waals surface area contributed by atoms with Gasteiger partial charge in [-0.25, -0.2) is 9.67 Å². The van der Waals surface area contributed by atoms with E-state index in [1.165, 1.54) is 16.0 Å². The number of amides is 2. The van der Waals surface area contributed by atoms with Gasteiger partial charge in [0.1, 0.15) is 5.01 Å². The molecular weight excluding hydrogens is 450 g/mol. The van der Waals surface area contributed by atoms with Crippen LogP contribution in [-0.4, -0.2) is 26.6 Å². The zero-order valence-electron chi connectivity index (χ0n) is 18.8. The first kappa shape index (κ1) is 23.3. The van der Waals surface area contributed by atoms with Crippen LogP contribution in [0, 0.1) is 0 Å². The number of hydrazine groups is 1. The molecule has 8 nitrogen and oxygen atoms in total. The van der Waals surface area contributed by atoms with Crippen LogP contribution in [-0.2, 0) is 17.8 Å². The van der Waals surface area contributed by atoms with Crippen molar-refractivity contribution in [2.75, 3.05) is 0 Å². The Balaban J connectivity index is 1.45. The Kier molecular flexibility index (Phi) is 7.44. The van der Waals surface area contributed by atoms with Gasteiger partial charge in [0.25, 0.3) is 11.5 Å². The Morgan fingerprint density at radius 3 is 2.47 bits per heavy atom. The van der Waals surface area contributed by atoms with E-state index in [4.69, 9.17) is 0 Å². The van der Waals surface area contributed by atoms with Gasteiger partial charge in [0.05, 0.1) is 17.5 Å². The normalized spacial score (nSPS) is 10.9. The lowest BCUT2D eigenvalue weighted by Gasteiger charge is -2.11. The summed E-state index contributed by atoms with van der Waals surface area (Å²) in [7, 11) is 0. The molecule has 2 aromatic carbocycles. The molecule has 0 radical (unpaired) electrons. The van der Waals surface area contributed by atoms with Crippen LogP contribution >= 0.6 is 11.3 Å². The monoisotopic (exact) mass is 475 g/mol. The van der Waals surface area contributed by atoms with Gasteiger partial charge in [-0.1, -0.05) is 68.3 Å². The van der Waals surface area contributed by atoms with Crippen molar-refractivity contribution >= 4 is 33.9 Å². The summed E-state index contributed by atoms with van der Waals surface area (Å²) >= 11 is 1.46. The predicted octanol–water partition coefficient (Wildman–Crippen LogP) is 3.71. The van der Waals surface area contributed by atoms with E-state index in [0.717, 1.165) is 29.8 Å². The van der Waals surface area contributed by atoms with E-state index >= 15 is 0 Å². The number of benzene rings is 2. The summed E-state index contributed by atoms with van der Waals surface area (Å²) in [6.07, 6.45) is 2.78. The first-order valence-electron chi connectivity index (χ1n) is 11.2. The minimum absolute atomic E-state index is 0.0221. The smallest absolute Gasteiger partial charge is 0.273 e. The van der Waals surface area contributed by atoms with E-state index in [2.05, 4.69) is 27.9 Å². The minimum Gasteiger partial charge on any atom is -0.273 e. The molecule has 0 saturated carbocycles. The van der Waals surface area contributed by atoms with Crippen LogP contribution in [0.4, 0.5) is 0 Å². The summed E-state index contributed by atoms with van der Waals surface area (Å²) in [6.45, 7) is 2.50. The zero-order valence-corrected chi connectivity index (χ0v) is 19.6. The number of rotatable bonds is 8. The van der Waals surface area contributed by atoms with Crippen molar-refractivity contribution < 1.29 is 9.59 Å². The Hall–Kier alpha value is -3.85. The number of nitrogens with zero attached hydrogens (tertiary/aromatic N) is 3. The fraction of sp³-hybridized carbons (Fsp3) is 0.240. The maximum atomic E-state index is 12.9. The van der Waals surface area contributed by atoms with Crippen molar-refractivity contribution in [2.24, 2.45) is 0 Å². The number of carbonyl (C=O) groups excluding carboxylic acids is 2. The molecule has 2 aromatic heterocycles. The lowest BCUT2D eigenvalue weighted by Crippen LogP contribution is -2.43. The Morgan fingerprint density at radius 2 is 1.71 bits per heavy atom. The second-order valence-electron chi connectivity index (χ2n) is 7.82. The molecule has 4 rings (SSSR count). The molecule has 0 saturated heterocycles. The fourth-order valence-electron chi connectivity index (χ4n) is 3.56. The third-order valence-corrected chi connectivity index (χ3v) is 6.23. The van der Waals surface area contributed by atoms with E-state index in [9.17, 15) is 14.4 Å². The van der Waals surface area contributed by atoms with Crippen LogP contribution in [0.15, 0.2) is 64.8 Å². The van der Waals surface area contributed by atoms with Crippen LogP contribution in [0.1, 0.15) is 42.4 Å².